The van der Waals surface area contributed by atoms with Crippen LogP contribution in [0.15, 0.2) is 41.8 Å². The number of aromatic nitrogens is 3. The Kier molecular flexibility index (Phi) is 6.54. The Bertz CT molecular complexity index is 731. The van der Waals surface area contributed by atoms with E-state index in [1.165, 1.54) is 11.8 Å². The van der Waals surface area contributed by atoms with Gasteiger partial charge in [-0.25, -0.2) is 9.97 Å². The molecule has 0 spiro atoms. The number of likely N-dealkylation sites (tertiary alicyclic amines) is 1. The van der Waals surface area contributed by atoms with Gasteiger partial charge in [-0.05, 0) is 31.5 Å². The molecule has 2 N–H and O–H groups in total. The summed E-state index contributed by atoms with van der Waals surface area (Å²) in [6.45, 7) is 3.93. The molecule has 26 heavy (non-hydrogen) atoms. The smallest absolute Gasteiger partial charge is 0.230 e. The number of carbonyl (C=O) groups excluding carboxylic acids is 1. The van der Waals surface area contributed by atoms with E-state index in [1.807, 2.05) is 31.2 Å². The van der Waals surface area contributed by atoms with Crippen LogP contribution in [0.3, 0.4) is 0 Å². The molecule has 0 bridgehead atoms. The van der Waals surface area contributed by atoms with Crippen LogP contribution in [0.25, 0.3) is 0 Å². The highest BCUT2D eigenvalue weighted by atomic mass is 32.2. The third-order valence-electron chi connectivity index (χ3n) is 4.23. The van der Waals surface area contributed by atoms with E-state index in [1.54, 1.807) is 12.4 Å². The van der Waals surface area contributed by atoms with Gasteiger partial charge in [0.15, 0.2) is 5.16 Å². The number of aliphatic hydroxyl groups is 1. The Balaban J connectivity index is 1.43. The second-order valence-corrected chi connectivity index (χ2v) is 7.30. The average Bonchev–Trinajstić information content (AvgIpc) is 2.63. The van der Waals surface area contributed by atoms with Gasteiger partial charge in [-0.1, -0.05) is 17.8 Å². The van der Waals surface area contributed by atoms with Crippen LogP contribution in [0.4, 0.5) is 0 Å². The molecule has 3 heterocycles. The molecule has 2 atom stereocenters. The number of hydrogen-bond donors (Lipinski definition) is 2. The van der Waals surface area contributed by atoms with Gasteiger partial charge in [0.05, 0.1) is 23.6 Å². The number of nitrogens with zero attached hydrogens (tertiary/aromatic N) is 4. The van der Waals surface area contributed by atoms with Crippen LogP contribution < -0.4 is 5.32 Å². The van der Waals surface area contributed by atoms with Crippen LogP contribution in [0.5, 0.6) is 0 Å². The van der Waals surface area contributed by atoms with E-state index in [-0.39, 0.29) is 17.7 Å². The largest absolute Gasteiger partial charge is 0.390 e. The number of piperidine rings is 1. The minimum atomic E-state index is -0.586. The summed E-state index contributed by atoms with van der Waals surface area (Å²) < 4.78 is 0. The van der Waals surface area contributed by atoms with Crippen molar-refractivity contribution >= 4 is 17.7 Å². The number of aliphatic hydroxyl groups excluding tert-OH is 1. The third kappa shape index (κ3) is 5.48. The summed E-state index contributed by atoms with van der Waals surface area (Å²) in [4.78, 5) is 27.0. The van der Waals surface area contributed by atoms with Crippen LogP contribution in [-0.4, -0.2) is 61.9 Å². The lowest BCUT2D eigenvalue weighted by Gasteiger charge is -2.36. The summed E-state index contributed by atoms with van der Waals surface area (Å²) in [6, 6.07) is 7.42. The lowest BCUT2D eigenvalue weighted by molar-refractivity contribution is -0.120. The second kappa shape index (κ2) is 9.07. The predicted molar refractivity (Wildman–Crippen MR) is 99.6 cm³/mol. The van der Waals surface area contributed by atoms with Crippen LogP contribution >= 0.6 is 11.8 Å². The van der Waals surface area contributed by atoms with E-state index < -0.39 is 6.10 Å². The van der Waals surface area contributed by atoms with Crippen molar-refractivity contribution < 1.29 is 9.90 Å². The number of thioether (sulfide) groups is 1. The molecule has 1 aliphatic rings. The lowest BCUT2D eigenvalue weighted by Crippen LogP contribution is -2.54. The van der Waals surface area contributed by atoms with Gasteiger partial charge in [0, 0.05) is 37.7 Å². The van der Waals surface area contributed by atoms with Gasteiger partial charge in [0.25, 0.3) is 0 Å². The molecule has 2 aromatic heterocycles. The SMILES string of the molecule is Cc1ccnc(SCC(=O)N[C@@H]2CCN(Cc3ccccn3)C[C@H]2O)n1. The predicted octanol–water partition coefficient (Wildman–Crippen LogP) is 1.02. The maximum absolute atomic E-state index is 12.2. The van der Waals surface area contributed by atoms with E-state index in [0.717, 1.165) is 17.9 Å². The Morgan fingerprint density at radius 3 is 2.96 bits per heavy atom. The standard InChI is InChI=1S/C18H23N5O2S/c1-13-5-8-20-18(21-13)26-12-17(25)22-15-6-9-23(11-16(15)24)10-14-4-2-3-7-19-14/h2-5,7-8,15-16,24H,6,9-12H2,1H3,(H,22,25)/t15-,16-/m1/s1. The molecule has 1 saturated heterocycles. The van der Waals surface area contributed by atoms with Gasteiger partial charge in [0.1, 0.15) is 0 Å². The number of nitrogens with one attached hydrogen (secondary N) is 1. The Morgan fingerprint density at radius 2 is 2.23 bits per heavy atom. The number of rotatable bonds is 6. The number of pyridine rings is 1. The first-order chi connectivity index (χ1) is 12.6. The summed E-state index contributed by atoms with van der Waals surface area (Å²) in [5.74, 6) is 0.131. The van der Waals surface area contributed by atoms with Gasteiger partial charge in [0.2, 0.25) is 5.91 Å². The highest BCUT2D eigenvalue weighted by Crippen LogP contribution is 2.15. The van der Waals surface area contributed by atoms with Crippen LogP contribution in [0, 0.1) is 6.92 Å². The minimum Gasteiger partial charge on any atom is -0.390 e. The van der Waals surface area contributed by atoms with Gasteiger partial charge in [-0.3, -0.25) is 14.7 Å². The number of carbonyl (C=O) groups is 1. The van der Waals surface area contributed by atoms with Gasteiger partial charge in [-0.15, -0.1) is 0 Å². The Morgan fingerprint density at radius 1 is 1.35 bits per heavy atom. The summed E-state index contributed by atoms with van der Waals surface area (Å²) in [5.41, 5.74) is 1.86. The summed E-state index contributed by atoms with van der Waals surface area (Å²) in [5, 5.41) is 13.9. The van der Waals surface area contributed by atoms with Crippen LogP contribution in [0.2, 0.25) is 0 Å². The molecule has 0 radical (unpaired) electrons. The lowest BCUT2D eigenvalue weighted by atomic mass is 10.0. The zero-order valence-electron chi connectivity index (χ0n) is 14.7. The minimum absolute atomic E-state index is 0.109. The van der Waals surface area contributed by atoms with Crippen molar-refractivity contribution in [3.63, 3.8) is 0 Å². The summed E-state index contributed by atoms with van der Waals surface area (Å²) in [7, 11) is 0. The zero-order valence-corrected chi connectivity index (χ0v) is 15.5. The van der Waals surface area contributed by atoms with Gasteiger partial charge >= 0.3 is 0 Å². The molecule has 1 amide bonds. The number of amides is 1. The second-order valence-electron chi connectivity index (χ2n) is 6.36. The van der Waals surface area contributed by atoms with Crippen molar-refractivity contribution in [1.29, 1.82) is 0 Å². The molecular formula is C18H23N5O2S. The molecule has 0 unspecified atom stereocenters. The molecule has 2 aromatic rings. The Labute approximate surface area is 157 Å². The first kappa shape index (κ1) is 18.8. The number of hydrogen-bond acceptors (Lipinski definition) is 7. The number of aryl methyl sites for hydroxylation is 1. The van der Waals surface area contributed by atoms with Crippen molar-refractivity contribution in [1.82, 2.24) is 25.2 Å². The zero-order chi connectivity index (χ0) is 18.4. The van der Waals surface area contributed by atoms with E-state index >= 15 is 0 Å². The van der Waals surface area contributed by atoms with Crippen molar-refractivity contribution in [2.75, 3.05) is 18.8 Å². The fourth-order valence-corrected chi connectivity index (χ4v) is 3.59. The summed E-state index contributed by atoms with van der Waals surface area (Å²) >= 11 is 1.30. The molecule has 7 nitrogen and oxygen atoms in total. The summed E-state index contributed by atoms with van der Waals surface area (Å²) in [6.07, 6.45) is 3.58. The molecule has 0 aliphatic carbocycles. The highest BCUT2D eigenvalue weighted by molar-refractivity contribution is 7.99. The van der Waals surface area contributed by atoms with Crippen LogP contribution in [0.1, 0.15) is 17.8 Å². The normalized spacial score (nSPS) is 20.7. The van der Waals surface area contributed by atoms with E-state index in [2.05, 4.69) is 25.2 Å². The van der Waals surface area contributed by atoms with Crippen molar-refractivity contribution in [3.8, 4) is 0 Å². The van der Waals surface area contributed by atoms with E-state index in [0.29, 0.717) is 24.7 Å². The van der Waals surface area contributed by atoms with Crippen LogP contribution in [-0.2, 0) is 11.3 Å². The fraction of sp³-hybridized carbons (Fsp3) is 0.444. The maximum Gasteiger partial charge on any atom is 0.230 e. The van der Waals surface area contributed by atoms with Crippen molar-refractivity contribution in [2.24, 2.45) is 0 Å². The van der Waals surface area contributed by atoms with Crippen molar-refractivity contribution in [3.05, 3.63) is 48.0 Å². The molecule has 0 aromatic carbocycles. The molecule has 1 fully saturated rings. The fourth-order valence-electron chi connectivity index (χ4n) is 2.90. The number of β-amino-alcohol motifs (C(OH)–C–C–N with tert-alkyl or cyclic N) is 1. The monoisotopic (exact) mass is 373 g/mol. The maximum atomic E-state index is 12.2. The molecule has 138 valence electrons. The van der Waals surface area contributed by atoms with Gasteiger partial charge < -0.3 is 10.4 Å². The molecule has 3 rings (SSSR count). The molecule has 0 saturated carbocycles. The first-order valence-electron chi connectivity index (χ1n) is 8.62. The molecular weight excluding hydrogens is 350 g/mol. The molecule has 8 heteroatoms. The average molecular weight is 373 g/mol. The van der Waals surface area contributed by atoms with Crippen molar-refractivity contribution in [2.45, 2.75) is 37.2 Å². The third-order valence-corrected chi connectivity index (χ3v) is 5.09. The quantitative estimate of drug-likeness (QED) is 0.577. The van der Waals surface area contributed by atoms with E-state index in [9.17, 15) is 9.90 Å². The van der Waals surface area contributed by atoms with E-state index in [4.69, 9.17) is 0 Å². The first-order valence-corrected chi connectivity index (χ1v) is 9.61. The Hall–Kier alpha value is -2.03. The molecule has 1 aliphatic heterocycles. The van der Waals surface area contributed by atoms with Gasteiger partial charge in [-0.2, -0.15) is 0 Å². The highest BCUT2D eigenvalue weighted by Gasteiger charge is 2.28. The topological polar surface area (TPSA) is 91.2 Å².